The Morgan fingerprint density at radius 3 is 1.78 bits per heavy atom. The molecule has 1 aliphatic carbocycles. The van der Waals surface area contributed by atoms with Crippen molar-refractivity contribution in [1.29, 1.82) is 0 Å². The lowest BCUT2D eigenvalue weighted by Gasteiger charge is -2.28. The van der Waals surface area contributed by atoms with Crippen molar-refractivity contribution in [2.24, 2.45) is 11.8 Å². The summed E-state index contributed by atoms with van der Waals surface area (Å²) in [6.45, 7) is 2.27. The zero-order chi connectivity index (χ0) is 22.8. The van der Waals surface area contributed by atoms with E-state index in [9.17, 15) is 13.2 Å². The van der Waals surface area contributed by atoms with Crippen molar-refractivity contribution in [3.8, 4) is 11.1 Å². The van der Waals surface area contributed by atoms with Crippen LogP contribution in [-0.2, 0) is 6.42 Å². The van der Waals surface area contributed by atoms with Crippen molar-refractivity contribution in [2.75, 3.05) is 0 Å². The number of halogens is 3. The lowest BCUT2D eigenvalue weighted by atomic mass is 9.77. The molecule has 0 spiro atoms. The zero-order valence-corrected chi connectivity index (χ0v) is 19.7. The summed E-state index contributed by atoms with van der Waals surface area (Å²) < 4.78 is 40.1. The fourth-order valence-electron chi connectivity index (χ4n) is 5.16. The van der Waals surface area contributed by atoms with Gasteiger partial charge < -0.3 is 0 Å². The van der Waals surface area contributed by atoms with Gasteiger partial charge >= 0.3 is 0 Å². The van der Waals surface area contributed by atoms with Gasteiger partial charge in [0.2, 0.25) is 0 Å². The fourth-order valence-corrected chi connectivity index (χ4v) is 5.16. The summed E-state index contributed by atoms with van der Waals surface area (Å²) in [6, 6.07) is 9.92. The molecule has 0 radical (unpaired) electrons. The van der Waals surface area contributed by atoms with Crippen LogP contribution in [-0.4, -0.2) is 0 Å². The van der Waals surface area contributed by atoms with Crippen molar-refractivity contribution in [3.63, 3.8) is 0 Å². The van der Waals surface area contributed by atoms with Gasteiger partial charge in [-0.3, -0.25) is 0 Å². The molecule has 0 aliphatic heterocycles. The quantitative estimate of drug-likeness (QED) is 0.226. The highest BCUT2D eigenvalue weighted by Crippen LogP contribution is 2.34. The van der Waals surface area contributed by atoms with Gasteiger partial charge in [-0.1, -0.05) is 108 Å². The monoisotopic (exact) mass is 444 g/mol. The van der Waals surface area contributed by atoms with Gasteiger partial charge in [0.05, 0.1) is 0 Å². The molecule has 176 valence electrons. The minimum absolute atomic E-state index is 0.368. The average molecular weight is 445 g/mol. The minimum atomic E-state index is -1.41. The van der Waals surface area contributed by atoms with E-state index in [1.165, 1.54) is 89.0 Å². The number of hydrogen-bond donors (Lipinski definition) is 0. The van der Waals surface area contributed by atoms with Crippen LogP contribution in [0.2, 0.25) is 0 Å². The lowest BCUT2D eigenvalue weighted by Crippen LogP contribution is -2.15. The van der Waals surface area contributed by atoms with Crippen LogP contribution >= 0.6 is 0 Å². The van der Waals surface area contributed by atoms with Crippen LogP contribution in [0, 0.1) is 29.3 Å². The first kappa shape index (κ1) is 24.9. The Hall–Kier alpha value is -1.77. The predicted molar refractivity (Wildman–Crippen MR) is 128 cm³/mol. The summed E-state index contributed by atoms with van der Waals surface area (Å²) in [7, 11) is 0. The Labute approximate surface area is 192 Å². The Morgan fingerprint density at radius 2 is 1.19 bits per heavy atom. The first-order valence-electron chi connectivity index (χ1n) is 12.8. The Kier molecular flexibility index (Phi) is 10.1. The Balaban J connectivity index is 1.34. The SMILES string of the molecule is CCCCCCCCC[C@H]1CC[C@H](CCc2ccc(-c3cc(F)c(F)c(F)c3)cc2)CC1. The van der Waals surface area contributed by atoms with Crippen molar-refractivity contribution in [1.82, 2.24) is 0 Å². The molecule has 32 heavy (non-hydrogen) atoms. The molecule has 0 aromatic heterocycles. The summed E-state index contributed by atoms with van der Waals surface area (Å²) in [5, 5.41) is 0. The second-order valence-corrected chi connectivity index (χ2v) is 9.79. The van der Waals surface area contributed by atoms with Crippen molar-refractivity contribution < 1.29 is 13.2 Å². The maximum atomic E-state index is 13.5. The van der Waals surface area contributed by atoms with Gasteiger partial charge in [-0.2, -0.15) is 0 Å². The summed E-state index contributed by atoms with van der Waals surface area (Å²) >= 11 is 0. The van der Waals surface area contributed by atoms with E-state index in [0.29, 0.717) is 11.1 Å². The van der Waals surface area contributed by atoms with Gasteiger partial charge in [0.15, 0.2) is 17.5 Å². The Bertz CT molecular complexity index is 781. The maximum absolute atomic E-state index is 13.5. The van der Waals surface area contributed by atoms with Crippen LogP contribution < -0.4 is 0 Å². The van der Waals surface area contributed by atoms with Crippen LogP contribution in [0.4, 0.5) is 13.2 Å². The summed E-state index contributed by atoms with van der Waals surface area (Å²) in [5.74, 6) is -1.95. The average Bonchev–Trinajstić information content (AvgIpc) is 2.81. The van der Waals surface area contributed by atoms with E-state index in [1.807, 2.05) is 24.3 Å². The van der Waals surface area contributed by atoms with E-state index in [-0.39, 0.29) is 0 Å². The molecule has 1 fully saturated rings. The topological polar surface area (TPSA) is 0 Å². The third-order valence-electron chi connectivity index (χ3n) is 7.29. The van der Waals surface area contributed by atoms with E-state index < -0.39 is 17.5 Å². The molecule has 0 N–H and O–H groups in total. The van der Waals surface area contributed by atoms with Crippen molar-refractivity contribution >= 4 is 0 Å². The lowest BCUT2D eigenvalue weighted by molar-refractivity contribution is 0.248. The van der Waals surface area contributed by atoms with Crippen LogP contribution in [0.15, 0.2) is 36.4 Å². The van der Waals surface area contributed by atoms with E-state index in [4.69, 9.17) is 0 Å². The Morgan fingerprint density at radius 1 is 0.656 bits per heavy atom. The molecule has 0 bridgehead atoms. The number of aryl methyl sites for hydroxylation is 1. The molecule has 0 unspecified atom stereocenters. The summed E-state index contributed by atoms with van der Waals surface area (Å²) in [4.78, 5) is 0. The molecule has 0 nitrogen and oxygen atoms in total. The van der Waals surface area contributed by atoms with Crippen molar-refractivity contribution in [3.05, 3.63) is 59.4 Å². The smallest absolute Gasteiger partial charge is 0.194 e. The number of benzene rings is 2. The molecule has 1 saturated carbocycles. The molecule has 2 aromatic carbocycles. The molecule has 2 aromatic rings. The second-order valence-electron chi connectivity index (χ2n) is 9.79. The highest BCUT2D eigenvalue weighted by molar-refractivity contribution is 5.63. The summed E-state index contributed by atoms with van der Waals surface area (Å²) in [5.41, 5.74) is 2.33. The van der Waals surface area contributed by atoms with Crippen molar-refractivity contribution in [2.45, 2.75) is 96.8 Å². The molecular formula is C29H39F3. The third-order valence-corrected chi connectivity index (χ3v) is 7.29. The first-order valence-corrected chi connectivity index (χ1v) is 12.8. The zero-order valence-electron chi connectivity index (χ0n) is 19.7. The molecule has 3 heteroatoms. The van der Waals surface area contributed by atoms with Crippen LogP contribution in [0.25, 0.3) is 11.1 Å². The fraction of sp³-hybridized carbons (Fsp3) is 0.586. The predicted octanol–water partition coefficient (Wildman–Crippen LogP) is 9.65. The first-order chi connectivity index (χ1) is 15.6. The van der Waals surface area contributed by atoms with Gasteiger partial charge in [0.25, 0.3) is 0 Å². The van der Waals surface area contributed by atoms with Gasteiger partial charge in [0.1, 0.15) is 0 Å². The number of unbranched alkanes of at least 4 members (excludes halogenated alkanes) is 6. The molecule has 1 aliphatic rings. The standard InChI is InChI=1S/C29H39F3/c1-2-3-4-5-6-7-8-9-22-10-12-23(13-11-22)14-15-24-16-18-25(19-17-24)26-20-27(30)29(32)28(31)21-26/h16-23H,2-15H2,1H3/t22-,23-. The maximum Gasteiger partial charge on any atom is 0.194 e. The number of rotatable bonds is 12. The van der Waals surface area contributed by atoms with Gasteiger partial charge in [-0.05, 0) is 53.5 Å². The largest absolute Gasteiger partial charge is 0.204 e. The van der Waals surface area contributed by atoms with Crippen LogP contribution in [0.1, 0.15) is 96.0 Å². The number of hydrogen-bond acceptors (Lipinski definition) is 0. The van der Waals surface area contributed by atoms with Gasteiger partial charge in [-0.15, -0.1) is 0 Å². The van der Waals surface area contributed by atoms with E-state index in [2.05, 4.69) is 6.92 Å². The summed E-state index contributed by atoms with van der Waals surface area (Å²) in [6.07, 6.45) is 19.0. The third kappa shape index (κ3) is 7.67. The van der Waals surface area contributed by atoms with E-state index >= 15 is 0 Å². The second kappa shape index (κ2) is 13.1. The molecular weight excluding hydrogens is 405 g/mol. The van der Waals surface area contributed by atoms with E-state index in [1.54, 1.807) is 0 Å². The highest BCUT2D eigenvalue weighted by Gasteiger charge is 2.20. The normalized spacial score (nSPS) is 18.8. The molecule has 0 saturated heterocycles. The molecule has 0 atom stereocenters. The molecule has 0 heterocycles. The van der Waals surface area contributed by atoms with Gasteiger partial charge in [-0.25, -0.2) is 13.2 Å². The van der Waals surface area contributed by atoms with E-state index in [0.717, 1.165) is 30.4 Å². The van der Waals surface area contributed by atoms with Crippen LogP contribution in [0.5, 0.6) is 0 Å². The van der Waals surface area contributed by atoms with Gasteiger partial charge in [0, 0.05) is 0 Å². The highest BCUT2D eigenvalue weighted by atomic mass is 19.2. The minimum Gasteiger partial charge on any atom is -0.204 e. The molecule has 3 rings (SSSR count). The molecule has 0 amide bonds. The van der Waals surface area contributed by atoms with Crippen LogP contribution in [0.3, 0.4) is 0 Å².